The SMILES string of the molecule is COC(=O)c1cc2c3ccccc3n3c2c(n1)C1Nc2ccc(Br)cc2C(C)(C)C1C3. The Bertz CT molecular complexity index is 1410. The van der Waals surface area contributed by atoms with Gasteiger partial charge in [0.05, 0.1) is 24.4 Å². The highest BCUT2D eigenvalue weighted by Gasteiger charge is 2.47. The van der Waals surface area contributed by atoms with Crippen molar-refractivity contribution in [3.63, 3.8) is 0 Å². The summed E-state index contributed by atoms with van der Waals surface area (Å²) in [5.41, 5.74) is 5.89. The van der Waals surface area contributed by atoms with Crippen LogP contribution in [0, 0.1) is 5.92 Å². The Labute approximate surface area is 188 Å². The van der Waals surface area contributed by atoms with Crippen molar-refractivity contribution in [1.82, 2.24) is 9.55 Å². The number of benzene rings is 2. The monoisotopic (exact) mass is 475 g/mol. The van der Waals surface area contributed by atoms with Crippen LogP contribution in [0.15, 0.2) is 53.0 Å². The van der Waals surface area contributed by atoms with E-state index in [2.05, 4.69) is 76.1 Å². The maximum atomic E-state index is 12.5. The number of nitrogens with zero attached hydrogens (tertiary/aromatic N) is 2. The maximum absolute atomic E-state index is 12.5. The van der Waals surface area contributed by atoms with Gasteiger partial charge in [-0.05, 0) is 41.3 Å². The minimum Gasteiger partial charge on any atom is -0.464 e. The molecule has 2 atom stereocenters. The summed E-state index contributed by atoms with van der Waals surface area (Å²) >= 11 is 3.64. The summed E-state index contributed by atoms with van der Waals surface area (Å²) in [6.07, 6.45) is 0. The Hall–Kier alpha value is -2.86. The number of hydrogen-bond donors (Lipinski definition) is 1. The van der Waals surface area contributed by atoms with Crippen molar-refractivity contribution in [2.24, 2.45) is 5.92 Å². The molecule has 2 aliphatic heterocycles. The van der Waals surface area contributed by atoms with Crippen molar-refractivity contribution in [2.45, 2.75) is 31.8 Å². The first-order chi connectivity index (χ1) is 14.9. The van der Waals surface area contributed by atoms with Gasteiger partial charge in [0.15, 0.2) is 0 Å². The first kappa shape index (κ1) is 18.9. The van der Waals surface area contributed by atoms with Gasteiger partial charge in [0.2, 0.25) is 0 Å². The molecule has 2 unspecified atom stereocenters. The molecule has 0 saturated carbocycles. The van der Waals surface area contributed by atoms with E-state index in [0.29, 0.717) is 5.69 Å². The molecule has 4 aromatic rings. The van der Waals surface area contributed by atoms with Crippen molar-refractivity contribution in [1.29, 1.82) is 0 Å². The van der Waals surface area contributed by atoms with Gasteiger partial charge in [-0.3, -0.25) is 0 Å². The van der Waals surface area contributed by atoms with E-state index in [1.54, 1.807) is 0 Å². The van der Waals surface area contributed by atoms with Gasteiger partial charge in [0.25, 0.3) is 0 Å². The lowest BCUT2D eigenvalue weighted by Gasteiger charge is -2.48. The number of rotatable bonds is 1. The second kappa shape index (κ2) is 6.33. The second-order valence-electron chi connectivity index (χ2n) is 9.05. The van der Waals surface area contributed by atoms with Gasteiger partial charge in [-0.15, -0.1) is 0 Å². The third-order valence-corrected chi connectivity index (χ3v) is 7.65. The van der Waals surface area contributed by atoms with E-state index in [1.807, 2.05) is 12.1 Å². The summed E-state index contributed by atoms with van der Waals surface area (Å²) in [6, 6.07) is 16.7. The maximum Gasteiger partial charge on any atom is 0.356 e. The number of fused-ring (bicyclic) bond motifs is 6. The average Bonchev–Trinajstić information content (AvgIpc) is 3.09. The summed E-state index contributed by atoms with van der Waals surface area (Å²) in [4.78, 5) is 17.4. The Morgan fingerprint density at radius 2 is 2.00 bits per heavy atom. The van der Waals surface area contributed by atoms with Crippen LogP contribution in [-0.2, 0) is 16.7 Å². The van der Waals surface area contributed by atoms with Gasteiger partial charge in [0.1, 0.15) is 5.69 Å². The normalized spacial score (nSPS) is 20.8. The Morgan fingerprint density at radius 3 is 2.81 bits per heavy atom. The van der Waals surface area contributed by atoms with E-state index in [9.17, 15) is 4.79 Å². The van der Waals surface area contributed by atoms with Crippen molar-refractivity contribution in [3.05, 3.63) is 70.0 Å². The van der Waals surface area contributed by atoms with Crippen molar-refractivity contribution >= 4 is 49.4 Å². The predicted octanol–water partition coefficient (Wildman–Crippen LogP) is 5.81. The number of carbonyl (C=O) groups is 1. The Kier molecular flexibility index (Phi) is 3.85. The number of ether oxygens (including phenoxy) is 1. The van der Waals surface area contributed by atoms with Crippen LogP contribution in [0.2, 0.25) is 0 Å². The molecular weight excluding hydrogens is 454 g/mol. The van der Waals surface area contributed by atoms with Gasteiger partial charge in [-0.25, -0.2) is 9.78 Å². The van der Waals surface area contributed by atoms with Crippen molar-refractivity contribution < 1.29 is 9.53 Å². The molecule has 31 heavy (non-hydrogen) atoms. The number of para-hydroxylation sites is 1. The molecule has 156 valence electrons. The lowest BCUT2D eigenvalue weighted by Crippen LogP contribution is -2.45. The molecule has 0 radical (unpaired) electrons. The smallest absolute Gasteiger partial charge is 0.356 e. The number of halogens is 1. The Balaban J connectivity index is 1.68. The molecule has 0 aliphatic carbocycles. The van der Waals surface area contributed by atoms with E-state index in [0.717, 1.165) is 38.7 Å². The third-order valence-electron chi connectivity index (χ3n) is 7.16. The van der Waals surface area contributed by atoms with Crippen LogP contribution < -0.4 is 5.32 Å². The summed E-state index contributed by atoms with van der Waals surface area (Å²) < 4.78 is 8.50. The molecule has 0 bridgehead atoms. The van der Waals surface area contributed by atoms with Crippen LogP contribution in [0.4, 0.5) is 5.69 Å². The lowest BCUT2D eigenvalue weighted by molar-refractivity contribution is 0.0593. The summed E-state index contributed by atoms with van der Waals surface area (Å²) in [5.74, 6) is -0.141. The minimum atomic E-state index is -0.406. The number of pyridine rings is 1. The van der Waals surface area contributed by atoms with Gasteiger partial charge in [0, 0.05) is 38.9 Å². The average molecular weight is 476 g/mol. The first-order valence-electron chi connectivity index (χ1n) is 10.5. The van der Waals surface area contributed by atoms with E-state index >= 15 is 0 Å². The van der Waals surface area contributed by atoms with Gasteiger partial charge in [-0.1, -0.05) is 48.0 Å². The Morgan fingerprint density at radius 1 is 1.19 bits per heavy atom. The highest BCUT2D eigenvalue weighted by atomic mass is 79.9. The van der Waals surface area contributed by atoms with Crippen molar-refractivity contribution in [2.75, 3.05) is 12.4 Å². The molecule has 0 fully saturated rings. The molecule has 2 aromatic carbocycles. The van der Waals surface area contributed by atoms with Crippen LogP contribution in [0.3, 0.4) is 0 Å². The third kappa shape index (κ3) is 2.48. The molecule has 6 heteroatoms. The van der Waals surface area contributed by atoms with Crippen molar-refractivity contribution in [3.8, 4) is 0 Å². The number of esters is 1. The number of anilines is 1. The largest absolute Gasteiger partial charge is 0.464 e. The summed E-state index contributed by atoms with van der Waals surface area (Å²) in [7, 11) is 1.40. The molecule has 4 heterocycles. The molecular formula is C25H22BrN3O2. The van der Waals surface area contributed by atoms with E-state index in [1.165, 1.54) is 18.2 Å². The zero-order valence-corrected chi connectivity index (χ0v) is 19.2. The van der Waals surface area contributed by atoms with Crippen LogP contribution >= 0.6 is 15.9 Å². The van der Waals surface area contributed by atoms with E-state index in [4.69, 9.17) is 9.72 Å². The first-order valence-corrected chi connectivity index (χ1v) is 11.3. The summed E-state index contributed by atoms with van der Waals surface area (Å²) in [5, 5.41) is 5.96. The molecule has 0 amide bonds. The molecule has 0 spiro atoms. The topological polar surface area (TPSA) is 56.2 Å². The number of aromatic nitrogens is 2. The fourth-order valence-electron chi connectivity index (χ4n) is 5.57. The van der Waals surface area contributed by atoms with Gasteiger partial charge >= 0.3 is 5.97 Å². The number of nitrogens with one attached hydrogen (secondary N) is 1. The predicted molar refractivity (Wildman–Crippen MR) is 126 cm³/mol. The number of methoxy groups -OCH3 is 1. The number of hydrogen-bond acceptors (Lipinski definition) is 4. The zero-order chi connectivity index (χ0) is 21.5. The highest BCUT2D eigenvalue weighted by Crippen LogP contribution is 2.53. The molecule has 2 aromatic heterocycles. The zero-order valence-electron chi connectivity index (χ0n) is 17.6. The molecule has 1 N–H and O–H groups in total. The fourth-order valence-corrected chi connectivity index (χ4v) is 5.93. The molecule has 2 aliphatic rings. The molecule has 6 rings (SSSR count). The lowest BCUT2D eigenvalue weighted by atomic mass is 9.65. The number of carbonyl (C=O) groups excluding carboxylic acids is 1. The van der Waals surface area contributed by atoms with Gasteiger partial charge in [-0.2, -0.15) is 0 Å². The standard InChI is InChI=1S/C25H22BrN3O2/c1-25(2)16-10-13(26)8-9-18(16)27-21-17(25)12-29-20-7-5-4-6-14(20)15-11-19(24(30)31-3)28-22(21)23(15)29/h4-11,17,21,27H,12H2,1-3H3. The highest BCUT2D eigenvalue weighted by molar-refractivity contribution is 9.10. The second-order valence-corrected chi connectivity index (χ2v) is 9.96. The van der Waals surface area contributed by atoms with Crippen LogP contribution in [0.5, 0.6) is 0 Å². The summed E-state index contributed by atoms with van der Waals surface area (Å²) in [6.45, 7) is 5.51. The van der Waals surface area contributed by atoms with Gasteiger partial charge < -0.3 is 14.6 Å². The minimum absolute atomic E-state index is 0.00703. The quantitative estimate of drug-likeness (QED) is 0.352. The fraction of sp³-hybridized carbons (Fsp3) is 0.280. The van der Waals surface area contributed by atoms with Crippen LogP contribution in [0.25, 0.3) is 21.8 Å². The van der Waals surface area contributed by atoms with Crippen LogP contribution in [-0.4, -0.2) is 22.6 Å². The van der Waals surface area contributed by atoms with E-state index < -0.39 is 5.97 Å². The van der Waals surface area contributed by atoms with E-state index in [-0.39, 0.29) is 17.4 Å². The van der Waals surface area contributed by atoms with Crippen LogP contribution in [0.1, 0.15) is 41.6 Å². The molecule has 5 nitrogen and oxygen atoms in total. The molecule has 0 saturated heterocycles.